The van der Waals surface area contributed by atoms with Gasteiger partial charge in [-0.15, -0.1) is 0 Å². The molecule has 0 saturated carbocycles. The van der Waals surface area contributed by atoms with E-state index >= 15 is 0 Å². The molecule has 0 aliphatic rings. The number of nitrogens with zero attached hydrogens (tertiary/aromatic N) is 1. The second-order valence-electron chi connectivity index (χ2n) is 4.25. The quantitative estimate of drug-likeness (QED) is 0.797. The van der Waals surface area contributed by atoms with E-state index in [1.165, 1.54) is 5.56 Å². The maximum Gasteiger partial charge on any atom is 0.107 e. The number of hydrogen-bond donors (Lipinski definition) is 2. The van der Waals surface area contributed by atoms with Crippen LogP contribution >= 0.6 is 0 Å². The van der Waals surface area contributed by atoms with Crippen molar-refractivity contribution in [2.45, 2.75) is 25.3 Å². The Morgan fingerprint density at radius 3 is 2.76 bits per heavy atom. The Bertz CT molecular complexity index is 408. The smallest absolute Gasteiger partial charge is 0.107 e. The number of rotatable bonds is 6. The van der Waals surface area contributed by atoms with Crippen molar-refractivity contribution in [1.29, 1.82) is 0 Å². The van der Waals surface area contributed by atoms with Gasteiger partial charge in [-0.1, -0.05) is 30.3 Å². The topological polar surface area (TPSA) is 40.7 Å². The van der Waals surface area contributed by atoms with E-state index < -0.39 is 0 Å². The van der Waals surface area contributed by atoms with Crippen molar-refractivity contribution in [3.63, 3.8) is 0 Å². The molecule has 90 valence electrons. The summed E-state index contributed by atoms with van der Waals surface area (Å²) in [4.78, 5) is 7.41. The number of likely N-dealkylation sites (N-methyl/N-ethyl adjacent to an activating group) is 1. The monoisotopic (exact) mass is 229 g/mol. The number of H-pyrrole nitrogens is 1. The molecule has 17 heavy (non-hydrogen) atoms. The first-order valence-electron chi connectivity index (χ1n) is 6.08. The molecule has 0 aliphatic heterocycles. The summed E-state index contributed by atoms with van der Waals surface area (Å²) in [5, 5.41) is 3.35. The molecule has 1 aromatic carbocycles. The second-order valence-corrected chi connectivity index (χ2v) is 4.25. The summed E-state index contributed by atoms with van der Waals surface area (Å²) in [6, 6.07) is 11.1. The normalized spacial score (nSPS) is 12.5. The fourth-order valence-corrected chi connectivity index (χ4v) is 1.98. The molecule has 0 radical (unpaired) electrons. The third-order valence-corrected chi connectivity index (χ3v) is 3.03. The first kappa shape index (κ1) is 11.9. The van der Waals surface area contributed by atoms with E-state index in [0.717, 1.165) is 25.1 Å². The maximum atomic E-state index is 4.26. The molecule has 1 unspecified atom stereocenters. The van der Waals surface area contributed by atoms with Crippen LogP contribution in [0, 0.1) is 0 Å². The number of aromatic nitrogens is 2. The van der Waals surface area contributed by atoms with Gasteiger partial charge < -0.3 is 10.3 Å². The number of hydrogen-bond acceptors (Lipinski definition) is 2. The van der Waals surface area contributed by atoms with E-state index in [1.54, 1.807) is 6.20 Å². The van der Waals surface area contributed by atoms with Gasteiger partial charge in [0.05, 0.1) is 0 Å². The van der Waals surface area contributed by atoms with Crippen molar-refractivity contribution in [3.05, 3.63) is 54.1 Å². The van der Waals surface area contributed by atoms with Gasteiger partial charge in [-0.2, -0.15) is 0 Å². The zero-order chi connectivity index (χ0) is 11.9. The Kier molecular flexibility index (Phi) is 4.33. The van der Waals surface area contributed by atoms with Gasteiger partial charge in [-0.25, -0.2) is 4.98 Å². The van der Waals surface area contributed by atoms with Crippen molar-refractivity contribution in [2.75, 3.05) is 7.05 Å². The number of benzene rings is 1. The standard InChI is InChI=1S/C14H19N3/c1-15-13(11-14-16-9-10-17-14)8-7-12-5-3-2-4-6-12/h2-6,9-10,13,15H,7-8,11H2,1H3,(H,16,17). The number of nitrogens with one attached hydrogen (secondary N) is 2. The minimum atomic E-state index is 0.473. The molecule has 3 nitrogen and oxygen atoms in total. The van der Waals surface area contributed by atoms with Crippen LogP contribution in [0.1, 0.15) is 17.8 Å². The third kappa shape index (κ3) is 3.71. The van der Waals surface area contributed by atoms with E-state index in [-0.39, 0.29) is 0 Å². The lowest BCUT2D eigenvalue weighted by Crippen LogP contribution is -2.28. The third-order valence-electron chi connectivity index (χ3n) is 3.03. The molecular weight excluding hydrogens is 210 g/mol. The summed E-state index contributed by atoms with van der Waals surface area (Å²) in [7, 11) is 2.01. The van der Waals surface area contributed by atoms with Crippen molar-refractivity contribution in [2.24, 2.45) is 0 Å². The highest BCUT2D eigenvalue weighted by Gasteiger charge is 2.08. The van der Waals surface area contributed by atoms with Crippen LogP contribution in [0.5, 0.6) is 0 Å². The van der Waals surface area contributed by atoms with Gasteiger partial charge in [0.15, 0.2) is 0 Å². The fraction of sp³-hybridized carbons (Fsp3) is 0.357. The van der Waals surface area contributed by atoms with Crippen LogP contribution in [0.3, 0.4) is 0 Å². The number of aryl methyl sites for hydroxylation is 1. The minimum absolute atomic E-state index is 0.473. The zero-order valence-corrected chi connectivity index (χ0v) is 10.2. The van der Waals surface area contributed by atoms with Crippen LogP contribution in [-0.2, 0) is 12.8 Å². The van der Waals surface area contributed by atoms with E-state index in [2.05, 4.69) is 45.6 Å². The molecule has 0 bridgehead atoms. The summed E-state index contributed by atoms with van der Waals surface area (Å²) < 4.78 is 0. The molecule has 0 amide bonds. The second kappa shape index (κ2) is 6.21. The average molecular weight is 229 g/mol. The molecule has 0 aliphatic carbocycles. The van der Waals surface area contributed by atoms with E-state index in [4.69, 9.17) is 0 Å². The molecule has 1 atom stereocenters. The zero-order valence-electron chi connectivity index (χ0n) is 10.2. The van der Waals surface area contributed by atoms with Crippen LogP contribution < -0.4 is 5.32 Å². The van der Waals surface area contributed by atoms with Crippen LogP contribution in [0.25, 0.3) is 0 Å². The Balaban J connectivity index is 1.84. The van der Waals surface area contributed by atoms with Crippen LogP contribution in [-0.4, -0.2) is 23.1 Å². The summed E-state index contributed by atoms with van der Waals surface area (Å²) in [5.74, 6) is 1.05. The minimum Gasteiger partial charge on any atom is -0.349 e. The lowest BCUT2D eigenvalue weighted by Gasteiger charge is -2.14. The first-order chi connectivity index (χ1) is 8.38. The van der Waals surface area contributed by atoms with Gasteiger partial charge in [0.2, 0.25) is 0 Å². The number of aromatic amines is 1. The van der Waals surface area contributed by atoms with Gasteiger partial charge in [0.25, 0.3) is 0 Å². The fourth-order valence-electron chi connectivity index (χ4n) is 1.98. The number of imidazole rings is 1. The van der Waals surface area contributed by atoms with Crippen LogP contribution in [0.15, 0.2) is 42.7 Å². The largest absolute Gasteiger partial charge is 0.349 e. The molecule has 2 rings (SSSR count). The van der Waals surface area contributed by atoms with E-state index in [0.29, 0.717) is 6.04 Å². The SMILES string of the molecule is CNC(CCc1ccccc1)Cc1ncc[nH]1. The van der Waals surface area contributed by atoms with Gasteiger partial charge in [-0.05, 0) is 25.5 Å². The van der Waals surface area contributed by atoms with Crippen molar-refractivity contribution in [3.8, 4) is 0 Å². The Morgan fingerprint density at radius 1 is 1.29 bits per heavy atom. The lowest BCUT2D eigenvalue weighted by atomic mass is 10.0. The Hall–Kier alpha value is -1.61. The Morgan fingerprint density at radius 2 is 2.12 bits per heavy atom. The van der Waals surface area contributed by atoms with E-state index in [1.807, 2.05) is 13.2 Å². The predicted molar refractivity (Wildman–Crippen MR) is 69.9 cm³/mol. The average Bonchev–Trinajstić information content (AvgIpc) is 2.88. The molecule has 0 saturated heterocycles. The van der Waals surface area contributed by atoms with Crippen molar-refractivity contribution < 1.29 is 0 Å². The molecular formula is C14H19N3. The molecule has 1 heterocycles. The van der Waals surface area contributed by atoms with Crippen LogP contribution in [0.2, 0.25) is 0 Å². The molecule has 1 aromatic heterocycles. The predicted octanol–water partition coefficient (Wildman–Crippen LogP) is 2.17. The highest BCUT2D eigenvalue weighted by atomic mass is 14.9. The first-order valence-corrected chi connectivity index (χ1v) is 6.08. The molecule has 0 spiro atoms. The highest BCUT2D eigenvalue weighted by molar-refractivity contribution is 5.14. The molecule has 2 N–H and O–H groups in total. The summed E-state index contributed by atoms with van der Waals surface area (Å²) in [6.07, 6.45) is 6.86. The Labute approximate surface area is 102 Å². The lowest BCUT2D eigenvalue weighted by molar-refractivity contribution is 0.511. The van der Waals surface area contributed by atoms with Crippen LogP contribution in [0.4, 0.5) is 0 Å². The van der Waals surface area contributed by atoms with Gasteiger partial charge >= 0.3 is 0 Å². The molecule has 3 heteroatoms. The maximum absolute atomic E-state index is 4.26. The van der Waals surface area contributed by atoms with Gasteiger partial charge in [-0.3, -0.25) is 0 Å². The van der Waals surface area contributed by atoms with Crippen molar-refractivity contribution in [1.82, 2.24) is 15.3 Å². The summed E-state index contributed by atoms with van der Waals surface area (Å²) in [6.45, 7) is 0. The summed E-state index contributed by atoms with van der Waals surface area (Å²) in [5.41, 5.74) is 1.40. The van der Waals surface area contributed by atoms with E-state index in [9.17, 15) is 0 Å². The highest BCUT2D eigenvalue weighted by Crippen LogP contribution is 2.07. The van der Waals surface area contributed by atoms with Gasteiger partial charge in [0.1, 0.15) is 5.82 Å². The molecule has 2 aromatic rings. The van der Waals surface area contributed by atoms with Crippen molar-refractivity contribution >= 4 is 0 Å². The summed E-state index contributed by atoms with van der Waals surface area (Å²) >= 11 is 0. The van der Waals surface area contributed by atoms with Gasteiger partial charge in [0, 0.05) is 24.9 Å². The molecule has 0 fully saturated rings.